The zero-order valence-electron chi connectivity index (χ0n) is 13.3. The van der Waals surface area contributed by atoms with Crippen LogP contribution in [0.5, 0.6) is 5.75 Å². The Bertz CT molecular complexity index is 417. The zero-order valence-corrected chi connectivity index (χ0v) is 13.3. The summed E-state index contributed by atoms with van der Waals surface area (Å²) >= 11 is 0. The van der Waals surface area contributed by atoms with Crippen LogP contribution in [0.25, 0.3) is 0 Å². The minimum atomic E-state index is -0.466. The Hall–Kier alpha value is -2.24. The van der Waals surface area contributed by atoms with Gasteiger partial charge >= 0.3 is 12.1 Å². The van der Waals surface area contributed by atoms with Gasteiger partial charge in [-0.1, -0.05) is 26.7 Å². The first-order valence-corrected chi connectivity index (χ1v) is 7.76. The summed E-state index contributed by atoms with van der Waals surface area (Å²) < 4.78 is 5.12. The lowest BCUT2D eigenvalue weighted by molar-refractivity contribution is 0.200. The first-order valence-electron chi connectivity index (χ1n) is 7.76. The third kappa shape index (κ3) is 7.52. The van der Waals surface area contributed by atoms with Crippen molar-refractivity contribution in [1.82, 2.24) is 10.6 Å². The van der Waals surface area contributed by atoms with Gasteiger partial charge in [0.1, 0.15) is 5.75 Å². The number of benzene rings is 1. The molecule has 0 heterocycles. The van der Waals surface area contributed by atoms with Crippen molar-refractivity contribution in [3.63, 3.8) is 0 Å². The first-order chi connectivity index (χ1) is 10.7. The lowest BCUT2D eigenvalue weighted by Gasteiger charge is -2.09. The molecule has 0 aliphatic carbocycles. The number of hydrogen-bond donors (Lipinski definition) is 3. The largest absolute Gasteiger partial charge is 0.412 e. The molecule has 0 atom stereocenters. The van der Waals surface area contributed by atoms with Gasteiger partial charge in [0, 0.05) is 18.8 Å². The highest BCUT2D eigenvalue weighted by atomic mass is 16.6. The molecular weight excluding hydrogens is 282 g/mol. The molecule has 0 spiro atoms. The van der Waals surface area contributed by atoms with Crippen LogP contribution in [0.3, 0.4) is 0 Å². The molecule has 0 saturated carbocycles. The van der Waals surface area contributed by atoms with Gasteiger partial charge in [0.05, 0.1) is 0 Å². The Balaban J connectivity index is 2.36. The number of amides is 3. The van der Waals surface area contributed by atoms with Crippen LogP contribution in [-0.2, 0) is 0 Å². The van der Waals surface area contributed by atoms with E-state index < -0.39 is 6.09 Å². The summed E-state index contributed by atoms with van der Waals surface area (Å²) in [7, 11) is 0. The third-order valence-corrected chi connectivity index (χ3v) is 2.94. The summed E-state index contributed by atoms with van der Waals surface area (Å²) in [5, 5.41) is 8.15. The molecule has 1 aromatic rings. The highest BCUT2D eigenvalue weighted by molar-refractivity contribution is 5.89. The van der Waals surface area contributed by atoms with E-state index in [0.29, 0.717) is 24.5 Å². The predicted octanol–water partition coefficient (Wildman–Crippen LogP) is 3.50. The molecule has 0 aliphatic rings. The normalized spacial score (nSPS) is 9.91. The average molecular weight is 307 g/mol. The third-order valence-electron chi connectivity index (χ3n) is 2.94. The molecule has 1 aromatic carbocycles. The summed E-state index contributed by atoms with van der Waals surface area (Å²) in [6.45, 7) is 5.38. The van der Waals surface area contributed by atoms with Crippen LogP contribution < -0.4 is 20.7 Å². The Morgan fingerprint density at radius 3 is 2.14 bits per heavy atom. The molecule has 0 aliphatic heterocycles. The minimum Gasteiger partial charge on any atom is -0.410 e. The summed E-state index contributed by atoms with van der Waals surface area (Å²) in [6, 6.07) is 6.42. The fourth-order valence-corrected chi connectivity index (χ4v) is 1.67. The molecule has 1 rings (SSSR count). The summed E-state index contributed by atoms with van der Waals surface area (Å²) in [6.07, 6.45) is 3.46. The molecule has 3 N–H and O–H groups in total. The second-order valence-corrected chi connectivity index (χ2v) is 4.93. The van der Waals surface area contributed by atoms with Crippen molar-refractivity contribution >= 4 is 17.8 Å². The maximum absolute atomic E-state index is 11.6. The number of ether oxygens (including phenoxy) is 1. The fraction of sp³-hybridized carbons (Fsp3) is 0.500. The predicted molar refractivity (Wildman–Crippen MR) is 87.3 cm³/mol. The van der Waals surface area contributed by atoms with Gasteiger partial charge in [-0.2, -0.15) is 0 Å². The standard InChI is InChI=1S/C16H25N3O3/c1-3-5-11-17-15(20)19-13-7-9-14(10-8-13)22-16(21)18-12-6-4-2/h7-10H,3-6,11-12H2,1-2H3,(H,18,21)(H2,17,19,20). The van der Waals surface area contributed by atoms with Crippen LogP contribution in [-0.4, -0.2) is 25.2 Å². The summed E-state index contributed by atoms with van der Waals surface area (Å²) in [4.78, 5) is 23.1. The molecule has 6 heteroatoms. The van der Waals surface area contributed by atoms with E-state index in [1.165, 1.54) is 0 Å². The zero-order chi connectivity index (χ0) is 16.2. The molecule has 0 fully saturated rings. The molecule has 0 unspecified atom stereocenters. The lowest BCUT2D eigenvalue weighted by atomic mass is 10.3. The van der Waals surface area contributed by atoms with Crippen molar-refractivity contribution in [1.29, 1.82) is 0 Å². The van der Waals surface area contributed by atoms with E-state index in [-0.39, 0.29) is 6.03 Å². The summed E-state index contributed by atoms with van der Waals surface area (Å²) in [5.41, 5.74) is 0.646. The quantitative estimate of drug-likeness (QED) is 0.643. The van der Waals surface area contributed by atoms with Gasteiger partial charge in [0.2, 0.25) is 0 Å². The van der Waals surface area contributed by atoms with Crippen molar-refractivity contribution in [3.05, 3.63) is 24.3 Å². The second-order valence-electron chi connectivity index (χ2n) is 4.93. The van der Waals surface area contributed by atoms with Crippen molar-refractivity contribution in [3.8, 4) is 5.75 Å². The molecule has 22 heavy (non-hydrogen) atoms. The monoisotopic (exact) mass is 307 g/mol. The Labute approximate surface area is 131 Å². The SMILES string of the molecule is CCCCNC(=O)Nc1ccc(OC(=O)NCCCC)cc1. The van der Waals surface area contributed by atoms with Crippen LogP contribution >= 0.6 is 0 Å². The number of anilines is 1. The van der Waals surface area contributed by atoms with E-state index in [2.05, 4.69) is 29.8 Å². The van der Waals surface area contributed by atoms with E-state index >= 15 is 0 Å². The van der Waals surface area contributed by atoms with E-state index in [1.807, 2.05) is 0 Å². The molecule has 0 saturated heterocycles. The van der Waals surface area contributed by atoms with Gasteiger partial charge in [-0.25, -0.2) is 9.59 Å². The number of carbonyl (C=O) groups excluding carboxylic acids is 2. The lowest BCUT2D eigenvalue weighted by Crippen LogP contribution is -2.29. The van der Waals surface area contributed by atoms with E-state index in [9.17, 15) is 9.59 Å². The maximum Gasteiger partial charge on any atom is 0.412 e. The number of urea groups is 1. The van der Waals surface area contributed by atoms with Crippen LogP contribution in [0.1, 0.15) is 39.5 Å². The molecule has 0 radical (unpaired) electrons. The van der Waals surface area contributed by atoms with Gasteiger partial charge in [0.15, 0.2) is 0 Å². The number of unbranched alkanes of at least 4 members (excludes halogenated alkanes) is 2. The Morgan fingerprint density at radius 1 is 0.955 bits per heavy atom. The molecule has 122 valence electrons. The number of carbonyl (C=O) groups is 2. The average Bonchev–Trinajstić information content (AvgIpc) is 2.50. The smallest absolute Gasteiger partial charge is 0.410 e. The van der Waals surface area contributed by atoms with Gasteiger partial charge in [-0.05, 0) is 37.1 Å². The van der Waals surface area contributed by atoms with Gasteiger partial charge < -0.3 is 20.7 Å². The fourth-order valence-electron chi connectivity index (χ4n) is 1.67. The van der Waals surface area contributed by atoms with E-state index in [0.717, 1.165) is 25.7 Å². The highest BCUT2D eigenvalue weighted by Gasteiger charge is 2.04. The van der Waals surface area contributed by atoms with E-state index in [1.54, 1.807) is 24.3 Å². The Kier molecular flexibility index (Phi) is 8.49. The maximum atomic E-state index is 11.6. The Morgan fingerprint density at radius 2 is 1.55 bits per heavy atom. The highest BCUT2D eigenvalue weighted by Crippen LogP contribution is 2.15. The van der Waals surface area contributed by atoms with Crippen LogP contribution in [0.15, 0.2) is 24.3 Å². The van der Waals surface area contributed by atoms with Crippen LogP contribution in [0.4, 0.5) is 15.3 Å². The van der Waals surface area contributed by atoms with Crippen molar-refractivity contribution in [2.24, 2.45) is 0 Å². The molecular formula is C16H25N3O3. The molecule has 0 bridgehead atoms. The summed E-state index contributed by atoms with van der Waals surface area (Å²) in [5.74, 6) is 0.436. The van der Waals surface area contributed by atoms with Gasteiger partial charge in [-0.3, -0.25) is 0 Å². The molecule has 6 nitrogen and oxygen atoms in total. The molecule has 3 amide bonds. The first kappa shape index (κ1) is 17.8. The van der Waals surface area contributed by atoms with E-state index in [4.69, 9.17) is 4.74 Å². The van der Waals surface area contributed by atoms with Crippen molar-refractivity contribution < 1.29 is 14.3 Å². The minimum absolute atomic E-state index is 0.237. The number of nitrogens with one attached hydrogen (secondary N) is 3. The van der Waals surface area contributed by atoms with Crippen LogP contribution in [0, 0.1) is 0 Å². The number of rotatable bonds is 8. The van der Waals surface area contributed by atoms with Gasteiger partial charge in [-0.15, -0.1) is 0 Å². The molecule has 0 aromatic heterocycles. The van der Waals surface area contributed by atoms with Crippen molar-refractivity contribution in [2.75, 3.05) is 18.4 Å². The van der Waals surface area contributed by atoms with Gasteiger partial charge in [0.25, 0.3) is 0 Å². The van der Waals surface area contributed by atoms with Crippen LogP contribution in [0.2, 0.25) is 0 Å². The van der Waals surface area contributed by atoms with Crippen molar-refractivity contribution in [2.45, 2.75) is 39.5 Å². The number of hydrogen-bond acceptors (Lipinski definition) is 3. The topological polar surface area (TPSA) is 79.5 Å². The second kappa shape index (κ2) is 10.5.